The first-order valence-electron chi connectivity index (χ1n) is 10.1. The van der Waals surface area contributed by atoms with Crippen molar-refractivity contribution in [2.75, 3.05) is 34.0 Å². The molecule has 8 heteroatoms. The van der Waals surface area contributed by atoms with Crippen molar-refractivity contribution in [3.8, 4) is 5.75 Å². The molecule has 0 saturated carbocycles. The molecule has 2 rings (SSSR count). The second-order valence-corrected chi connectivity index (χ2v) is 6.79. The van der Waals surface area contributed by atoms with Crippen molar-refractivity contribution in [2.24, 2.45) is 4.99 Å². The van der Waals surface area contributed by atoms with Crippen molar-refractivity contribution in [2.45, 2.75) is 33.5 Å². The first-order chi connectivity index (χ1) is 14.6. The molecular formula is C23H33FIN3O3. The SMILES string of the molecule is CCOCCOc1cc(C)ccc1CNC(=NC)NCc1ccc(F)c(COC)c1.I. The van der Waals surface area contributed by atoms with Crippen LogP contribution < -0.4 is 15.4 Å². The molecule has 2 aromatic rings. The molecule has 0 heterocycles. The van der Waals surface area contributed by atoms with Crippen molar-refractivity contribution < 1.29 is 18.6 Å². The van der Waals surface area contributed by atoms with Gasteiger partial charge in [-0.05, 0) is 43.2 Å². The first kappa shape index (κ1) is 27.1. The third-order valence-corrected chi connectivity index (χ3v) is 4.45. The fraction of sp³-hybridized carbons (Fsp3) is 0.435. The Kier molecular flexibility index (Phi) is 13.1. The Morgan fingerprint density at radius 2 is 1.81 bits per heavy atom. The topological polar surface area (TPSA) is 64.1 Å². The lowest BCUT2D eigenvalue weighted by molar-refractivity contribution is 0.110. The highest BCUT2D eigenvalue weighted by Gasteiger charge is 2.07. The zero-order chi connectivity index (χ0) is 21.8. The number of aryl methyl sites for hydroxylation is 1. The Morgan fingerprint density at radius 1 is 1.03 bits per heavy atom. The summed E-state index contributed by atoms with van der Waals surface area (Å²) in [5.74, 6) is 1.22. The molecule has 31 heavy (non-hydrogen) atoms. The Hall–Kier alpha value is -1.91. The van der Waals surface area contributed by atoms with E-state index in [0.29, 0.717) is 44.4 Å². The molecule has 0 fully saturated rings. The molecule has 0 spiro atoms. The van der Waals surface area contributed by atoms with E-state index < -0.39 is 0 Å². The summed E-state index contributed by atoms with van der Waals surface area (Å²) in [6, 6.07) is 11.1. The maximum Gasteiger partial charge on any atom is 0.191 e. The highest BCUT2D eigenvalue weighted by Crippen LogP contribution is 2.20. The smallest absolute Gasteiger partial charge is 0.191 e. The fourth-order valence-electron chi connectivity index (χ4n) is 2.89. The molecule has 0 radical (unpaired) electrons. The second kappa shape index (κ2) is 15.0. The molecule has 0 saturated heterocycles. The highest BCUT2D eigenvalue weighted by atomic mass is 127. The zero-order valence-corrected chi connectivity index (χ0v) is 21.0. The lowest BCUT2D eigenvalue weighted by Crippen LogP contribution is -2.36. The van der Waals surface area contributed by atoms with Gasteiger partial charge >= 0.3 is 0 Å². The van der Waals surface area contributed by atoms with E-state index in [1.165, 1.54) is 6.07 Å². The standard InChI is InChI=1S/C23H32FN3O3.HI/c1-5-29-10-11-30-22-12-17(2)6-8-19(22)15-27-23(25-3)26-14-18-7-9-21(24)20(13-18)16-28-4;/h6-9,12-13H,5,10-11,14-16H2,1-4H3,(H2,25,26,27);1H. The molecule has 0 aliphatic heterocycles. The fourth-order valence-corrected chi connectivity index (χ4v) is 2.89. The average molecular weight is 545 g/mol. The van der Waals surface area contributed by atoms with Crippen LogP contribution in [-0.2, 0) is 29.2 Å². The van der Waals surface area contributed by atoms with Gasteiger partial charge in [0.1, 0.15) is 18.2 Å². The van der Waals surface area contributed by atoms with Crippen LogP contribution >= 0.6 is 24.0 Å². The van der Waals surface area contributed by atoms with Crippen LogP contribution in [0.15, 0.2) is 41.4 Å². The van der Waals surface area contributed by atoms with Crippen LogP contribution in [0, 0.1) is 12.7 Å². The largest absolute Gasteiger partial charge is 0.491 e. The van der Waals surface area contributed by atoms with Crippen LogP contribution in [0.2, 0.25) is 0 Å². The van der Waals surface area contributed by atoms with Gasteiger partial charge in [-0.2, -0.15) is 0 Å². The molecule has 0 atom stereocenters. The number of nitrogens with zero attached hydrogens (tertiary/aromatic N) is 1. The van der Waals surface area contributed by atoms with Gasteiger partial charge < -0.3 is 24.8 Å². The number of methoxy groups -OCH3 is 1. The minimum Gasteiger partial charge on any atom is -0.491 e. The van der Waals surface area contributed by atoms with Gasteiger partial charge in [0.2, 0.25) is 0 Å². The summed E-state index contributed by atoms with van der Waals surface area (Å²) in [7, 11) is 3.26. The molecule has 0 unspecified atom stereocenters. The number of halogens is 2. The van der Waals surface area contributed by atoms with Gasteiger partial charge in [-0.25, -0.2) is 4.39 Å². The van der Waals surface area contributed by atoms with Crippen molar-refractivity contribution in [1.82, 2.24) is 10.6 Å². The number of ether oxygens (including phenoxy) is 3. The summed E-state index contributed by atoms with van der Waals surface area (Å²) in [6.45, 7) is 7.05. The Balaban J connectivity index is 0.00000480. The number of nitrogens with one attached hydrogen (secondary N) is 2. The number of guanidine groups is 1. The normalized spacial score (nSPS) is 11.1. The summed E-state index contributed by atoms with van der Waals surface area (Å²) in [6.07, 6.45) is 0. The molecule has 0 aliphatic carbocycles. The molecule has 2 aromatic carbocycles. The Bertz CT molecular complexity index is 834. The zero-order valence-electron chi connectivity index (χ0n) is 18.7. The second-order valence-electron chi connectivity index (χ2n) is 6.79. The lowest BCUT2D eigenvalue weighted by Gasteiger charge is -2.16. The molecule has 0 amide bonds. The number of benzene rings is 2. The van der Waals surface area contributed by atoms with E-state index in [-0.39, 0.29) is 36.4 Å². The van der Waals surface area contributed by atoms with Crippen molar-refractivity contribution >= 4 is 29.9 Å². The monoisotopic (exact) mass is 545 g/mol. The van der Waals surface area contributed by atoms with Gasteiger partial charge in [-0.1, -0.05) is 18.2 Å². The first-order valence-corrected chi connectivity index (χ1v) is 10.1. The van der Waals surface area contributed by atoms with E-state index in [2.05, 4.69) is 21.7 Å². The summed E-state index contributed by atoms with van der Waals surface area (Å²) < 4.78 is 30.0. The predicted octanol–water partition coefficient (Wildman–Crippen LogP) is 4.18. The molecular weight excluding hydrogens is 512 g/mol. The minimum absolute atomic E-state index is 0. The van der Waals surface area contributed by atoms with E-state index in [1.807, 2.05) is 26.0 Å². The van der Waals surface area contributed by atoms with Gasteiger partial charge in [0, 0.05) is 45.0 Å². The van der Waals surface area contributed by atoms with Gasteiger partial charge in [0.15, 0.2) is 5.96 Å². The van der Waals surface area contributed by atoms with Crippen LogP contribution in [0.3, 0.4) is 0 Å². The maximum absolute atomic E-state index is 13.8. The maximum atomic E-state index is 13.8. The lowest BCUT2D eigenvalue weighted by atomic mass is 10.1. The summed E-state index contributed by atoms with van der Waals surface area (Å²) >= 11 is 0. The number of hydrogen-bond acceptors (Lipinski definition) is 4. The van der Waals surface area contributed by atoms with Crippen molar-refractivity contribution in [3.05, 3.63) is 64.5 Å². The number of rotatable bonds is 11. The van der Waals surface area contributed by atoms with Crippen LogP contribution in [0.25, 0.3) is 0 Å². The van der Waals surface area contributed by atoms with Crippen LogP contribution in [0.5, 0.6) is 5.75 Å². The number of hydrogen-bond donors (Lipinski definition) is 2. The van der Waals surface area contributed by atoms with E-state index in [1.54, 1.807) is 26.3 Å². The third kappa shape index (κ3) is 9.40. The average Bonchev–Trinajstić information content (AvgIpc) is 2.74. The van der Waals surface area contributed by atoms with E-state index in [0.717, 1.165) is 22.4 Å². The van der Waals surface area contributed by atoms with Crippen LogP contribution in [0.1, 0.15) is 29.2 Å². The predicted molar refractivity (Wildman–Crippen MR) is 133 cm³/mol. The Morgan fingerprint density at radius 3 is 2.52 bits per heavy atom. The van der Waals surface area contributed by atoms with E-state index in [9.17, 15) is 4.39 Å². The van der Waals surface area contributed by atoms with Gasteiger partial charge in [-0.15, -0.1) is 24.0 Å². The van der Waals surface area contributed by atoms with Gasteiger partial charge in [0.25, 0.3) is 0 Å². The summed E-state index contributed by atoms with van der Waals surface area (Å²) in [4.78, 5) is 4.26. The quantitative estimate of drug-likeness (QED) is 0.192. The Labute approximate surface area is 201 Å². The molecule has 0 aliphatic rings. The third-order valence-electron chi connectivity index (χ3n) is 4.45. The van der Waals surface area contributed by atoms with Gasteiger partial charge in [0.05, 0.1) is 13.2 Å². The molecule has 2 N–H and O–H groups in total. The number of aliphatic imine (C=N–C) groups is 1. The summed E-state index contributed by atoms with van der Waals surface area (Å²) in [5.41, 5.74) is 3.65. The van der Waals surface area contributed by atoms with Crippen molar-refractivity contribution in [3.63, 3.8) is 0 Å². The van der Waals surface area contributed by atoms with Crippen LogP contribution in [0.4, 0.5) is 4.39 Å². The van der Waals surface area contributed by atoms with Crippen LogP contribution in [-0.4, -0.2) is 39.9 Å². The molecule has 0 aromatic heterocycles. The molecule has 172 valence electrons. The van der Waals surface area contributed by atoms with Crippen molar-refractivity contribution in [1.29, 1.82) is 0 Å². The van der Waals surface area contributed by atoms with E-state index in [4.69, 9.17) is 14.2 Å². The van der Waals surface area contributed by atoms with Gasteiger partial charge in [-0.3, -0.25) is 4.99 Å². The highest BCUT2D eigenvalue weighted by molar-refractivity contribution is 14.0. The summed E-state index contributed by atoms with van der Waals surface area (Å²) in [5, 5.41) is 6.55. The molecule has 0 bridgehead atoms. The van der Waals surface area contributed by atoms with E-state index >= 15 is 0 Å². The minimum atomic E-state index is -0.264. The molecule has 6 nitrogen and oxygen atoms in total.